The molecule has 2 aromatic carbocycles. The zero-order valence-electron chi connectivity index (χ0n) is 13.4. The van der Waals surface area contributed by atoms with Crippen LogP contribution in [0.5, 0.6) is 0 Å². The third-order valence-corrected chi connectivity index (χ3v) is 3.91. The molecule has 2 heterocycles. The molecule has 24 heavy (non-hydrogen) atoms. The van der Waals surface area contributed by atoms with Crippen LogP contribution in [-0.4, -0.2) is 14.5 Å². The molecule has 0 aliphatic heterocycles. The smallest absolute Gasteiger partial charge is 0.139 e. The summed E-state index contributed by atoms with van der Waals surface area (Å²) in [4.78, 5) is 9.44. The first-order valence-electron chi connectivity index (χ1n) is 7.96. The van der Waals surface area contributed by atoms with Gasteiger partial charge < -0.3 is 0 Å². The highest BCUT2D eigenvalue weighted by Crippen LogP contribution is 2.22. The summed E-state index contributed by atoms with van der Waals surface area (Å²) in [5.74, 6) is 1.76. The van der Waals surface area contributed by atoms with Gasteiger partial charge in [0, 0.05) is 5.69 Å². The number of imidazole rings is 1. The topological polar surface area (TPSA) is 30.7 Å². The van der Waals surface area contributed by atoms with Crippen molar-refractivity contribution in [2.45, 2.75) is 6.92 Å². The van der Waals surface area contributed by atoms with Gasteiger partial charge in [-0.1, -0.05) is 54.6 Å². The van der Waals surface area contributed by atoms with E-state index in [4.69, 9.17) is 4.98 Å². The van der Waals surface area contributed by atoms with Crippen molar-refractivity contribution in [1.82, 2.24) is 14.5 Å². The Hall–Kier alpha value is -3.20. The molecule has 0 fully saturated rings. The Bertz CT molecular complexity index is 1010. The van der Waals surface area contributed by atoms with E-state index >= 15 is 0 Å². The van der Waals surface area contributed by atoms with Crippen LogP contribution in [0.25, 0.3) is 29.0 Å². The van der Waals surface area contributed by atoms with Crippen LogP contribution in [0, 0.1) is 6.92 Å². The molecule has 4 aromatic rings. The number of aryl methyl sites for hydroxylation is 1. The van der Waals surface area contributed by atoms with E-state index < -0.39 is 0 Å². The van der Waals surface area contributed by atoms with Gasteiger partial charge in [0.05, 0.1) is 11.0 Å². The highest BCUT2D eigenvalue weighted by atomic mass is 15.1. The second kappa shape index (κ2) is 6.13. The highest BCUT2D eigenvalue weighted by Gasteiger charge is 2.11. The lowest BCUT2D eigenvalue weighted by Crippen LogP contribution is -2.00. The molecule has 3 nitrogen and oxygen atoms in total. The molecule has 0 aliphatic rings. The number of benzene rings is 2. The van der Waals surface area contributed by atoms with Crippen molar-refractivity contribution >= 4 is 23.2 Å². The fraction of sp³-hybridized carbons (Fsp3) is 0.0476. The standard InChI is InChI=1S/C21H17N3/c1-16-8-7-13-20(22-16)24-19-12-6-5-11-18(19)23-21(24)15-14-17-9-3-2-4-10-17/h2-15H,1H3/b15-14+. The first-order valence-corrected chi connectivity index (χ1v) is 7.96. The molecule has 116 valence electrons. The number of fused-ring (bicyclic) bond motifs is 1. The minimum Gasteiger partial charge on any atom is -0.277 e. The van der Waals surface area contributed by atoms with Crippen LogP contribution in [-0.2, 0) is 0 Å². The summed E-state index contributed by atoms with van der Waals surface area (Å²) in [6.45, 7) is 2.00. The molecule has 2 aromatic heterocycles. The van der Waals surface area contributed by atoms with Gasteiger partial charge in [-0.2, -0.15) is 0 Å². The summed E-state index contributed by atoms with van der Waals surface area (Å²) in [7, 11) is 0. The van der Waals surface area contributed by atoms with Crippen molar-refractivity contribution in [3.05, 3.63) is 89.9 Å². The molecule has 0 saturated heterocycles. The van der Waals surface area contributed by atoms with Crippen LogP contribution in [0.1, 0.15) is 17.1 Å². The number of hydrogen-bond acceptors (Lipinski definition) is 2. The molecule has 0 N–H and O–H groups in total. The highest BCUT2D eigenvalue weighted by molar-refractivity contribution is 5.81. The first-order chi connectivity index (χ1) is 11.8. The van der Waals surface area contributed by atoms with Gasteiger partial charge >= 0.3 is 0 Å². The van der Waals surface area contributed by atoms with Crippen LogP contribution < -0.4 is 0 Å². The van der Waals surface area contributed by atoms with Gasteiger partial charge in [-0.25, -0.2) is 9.97 Å². The van der Waals surface area contributed by atoms with Crippen molar-refractivity contribution in [3.63, 3.8) is 0 Å². The predicted octanol–water partition coefficient (Wildman–Crippen LogP) is 4.90. The molecule has 0 amide bonds. The van der Waals surface area contributed by atoms with E-state index in [1.165, 1.54) is 0 Å². The molecular formula is C21H17N3. The van der Waals surface area contributed by atoms with Gasteiger partial charge in [0.15, 0.2) is 0 Å². The maximum absolute atomic E-state index is 4.77. The van der Waals surface area contributed by atoms with Gasteiger partial charge in [-0.15, -0.1) is 0 Å². The van der Waals surface area contributed by atoms with E-state index in [1.54, 1.807) is 0 Å². The van der Waals surface area contributed by atoms with E-state index in [1.807, 2.05) is 67.6 Å². The molecule has 0 spiro atoms. The number of hydrogen-bond donors (Lipinski definition) is 0. The summed E-state index contributed by atoms with van der Waals surface area (Å²) in [6.07, 6.45) is 4.12. The second-order valence-corrected chi connectivity index (χ2v) is 5.68. The number of pyridine rings is 1. The third kappa shape index (κ3) is 2.72. The number of aromatic nitrogens is 3. The molecule has 0 bridgehead atoms. The van der Waals surface area contributed by atoms with E-state index in [-0.39, 0.29) is 0 Å². The molecule has 0 radical (unpaired) electrons. The lowest BCUT2D eigenvalue weighted by atomic mass is 10.2. The fourth-order valence-corrected chi connectivity index (χ4v) is 2.79. The van der Waals surface area contributed by atoms with Crippen molar-refractivity contribution in [2.75, 3.05) is 0 Å². The molecular weight excluding hydrogens is 294 g/mol. The number of nitrogens with zero attached hydrogens (tertiary/aromatic N) is 3. The quantitative estimate of drug-likeness (QED) is 0.539. The molecule has 0 atom stereocenters. The van der Waals surface area contributed by atoms with Gasteiger partial charge in [-0.3, -0.25) is 4.57 Å². The Kier molecular flexibility index (Phi) is 3.67. The lowest BCUT2D eigenvalue weighted by Gasteiger charge is -2.07. The van der Waals surface area contributed by atoms with Crippen molar-refractivity contribution in [2.24, 2.45) is 0 Å². The summed E-state index contributed by atoms with van der Waals surface area (Å²) >= 11 is 0. The van der Waals surface area contributed by atoms with Crippen molar-refractivity contribution in [3.8, 4) is 5.82 Å². The number of rotatable bonds is 3. The Labute approximate surface area is 140 Å². The Morgan fingerprint density at radius 3 is 2.38 bits per heavy atom. The zero-order chi connectivity index (χ0) is 16.4. The lowest BCUT2D eigenvalue weighted by molar-refractivity contribution is 0.987. The predicted molar refractivity (Wildman–Crippen MR) is 99.0 cm³/mol. The van der Waals surface area contributed by atoms with Gasteiger partial charge in [0.25, 0.3) is 0 Å². The molecule has 0 saturated carbocycles. The largest absolute Gasteiger partial charge is 0.277 e. The third-order valence-electron chi connectivity index (χ3n) is 3.91. The first kappa shape index (κ1) is 14.4. The van der Waals surface area contributed by atoms with Crippen LogP contribution >= 0.6 is 0 Å². The Balaban J connectivity index is 1.89. The molecule has 3 heteroatoms. The number of para-hydroxylation sites is 2. The molecule has 4 rings (SSSR count). The minimum atomic E-state index is 0.873. The van der Waals surface area contributed by atoms with Crippen molar-refractivity contribution < 1.29 is 0 Å². The zero-order valence-corrected chi connectivity index (χ0v) is 13.4. The van der Waals surface area contributed by atoms with Gasteiger partial charge in [0.1, 0.15) is 11.6 Å². The monoisotopic (exact) mass is 311 g/mol. The minimum absolute atomic E-state index is 0.873. The average Bonchev–Trinajstić information content (AvgIpc) is 2.99. The van der Waals surface area contributed by atoms with Crippen LogP contribution in [0.4, 0.5) is 0 Å². The van der Waals surface area contributed by atoms with E-state index in [0.29, 0.717) is 0 Å². The van der Waals surface area contributed by atoms with E-state index in [2.05, 4.69) is 33.8 Å². The van der Waals surface area contributed by atoms with Crippen LogP contribution in [0.3, 0.4) is 0 Å². The van der Waals surface area contributed by atoms with Gasteiger partial charge in [-0.05, 0) is 42.8 Å². The van der Waals surface area contributed by atoms with Crippen molar-refractivity contribution in [1.29, 1.82) is 0 Å². The summed E-state index contributed by atoms with van der Waals surface area (Å²) < 4.78 is 2.10. The maximum atomic E-state index is 4.77. The van der Waals surface area contributed by atoms with E-state index in [9.17, 15) is 0 Å². The Morgan fingerprint density at radius 1 is 0.750 bits per heavy atom. The van der Waals surface area contributed by atoms with Crippen LogP contribution in [0.15, 0.2) is 72.8 Å². The fourth-order valence-electron chi connectivity index (χ4n) is 2.79. The van der Waals surface area contributed by atoms with Gasteiger partial charge in [0.2, 0.25) is 0 Å². The summed E-state index contributed by atoms with van der Waals surface area (Å²) in [5, 5.41) is 0. The van der Waals surface area contributed by atoms with Crippen LogP contribution in [0.2, 0.25) is 0 Å². The molecule has 0 aliphatic carbocycles. The second-order valence-electron chi connectivity index (χ2n) is 5.68. The Morgan fingerprint density at radius 2 is 1.54 bits per heavy atom. The van der Waals surface area contributed by atoms with E-state index in [0.717, 1.165) is 33.9 Å². The SMILES string of the molecule is Cc1cccc(-n2c(/C=C/c3ccccc3)nc3ccccc32)n1. The maximum Gasteiger partial charge on any atom is 0.139 e. The summed E-state index contributed by atoms with van der Waals surface area (Å²) in [5.41, 5.74) is 4.16. The summed E-state index contributed by atoms with van der Waals surface area (Å²) in [6, 6.07) is 24.4. The molecule has 0 unspecified atom stereocenters. The average molecular weight is 311 g/mol. The normalized spacial score (nSPS) is 11.4.